The smallest absolute Gasteiger partial charge is 0.228 e. The molecule has 1 amide bonds. The summed E-state index contributed by atoms with van der Waals surface area (Å²) >= 11 is 0. The predicted octanol–water partition coefficient (Wildman–Crippen LogP) is 3.84. The van der Waals surface area contributed by atoms with Gasteiger partial charge in [0.2, 0.25) is 5.91 Å². The quantitative estimate of drug-likeness (QED) is 0.736. The molecule has 1 fully saturated rings. The Hall–Kier alpha value is -2.08. The zero-order valence-corrected chi connectivity index (χ0v) is 17.3. The van der Waals surface area contributed by atoms with Gasteiger partial charge in [0.1, 0.15) is 11.5 Å². The van der Waals surface area contributed by atoms with Gasteiger partial charge in [-0.05, 0) is 56.6 Å². The Morgan fingerprint density at radius 2 is 1.86 bits per heavy atom. The minimum atomic E-state index is -0.453. The number of para-hydroxylation sites is 1. The number of carbonyl (C=O) groups is 1. The largest absolute Gasteiger partial charge is 0.457 e. The van der Waals surface area contributed by atoms with Crippen LogP contribution in [-0.4, -0.2) is 32.7 Å². The lowest BCUT2D eigenvalue weighted by molar-refractivity contribution is -0.136. The molecule has 152 valence electrons. The highest BCUT2D eigenvalue weighted by molar-refractivity contribution is 5.85. The lowest BCUT2D eigenvalue weighted by atomic mass is 9.78. The van der Waals surface area contributed by atoms with E-state index in [2.05, 4.69) is 10.6 Å². The van der Waals surface area contributed by atoms with E-state index in [-0.39, 0.29) is 18.3 Å². The second-order valence-electron chi connectivity index (χ2n) is 7.17. The van der Waals surface area contributed by atoms with Gasteiger partial charge in [-0.3, -0.25) is 4.79 Å². The van der Waals surface area contributed by atoms with Gasteiger partial charge >= 0.3 is 0 Å². The van der Waals surface area contributed by atoms with Crippen molar-refractivity contribution in [2.24, 2.45) is 5.41 Å². The molecule has 0 atom stereocenters. The molecule has 0 spiro atoms. The van der Waals surface area contributed by atoms with Crippen molar-refractivity contribution in [3.63, 3.8) is 0 Å². The van der Waals surface area contributed by atoms with Crippen molar-refractivity contribution >= 4 is 18.3 Å². The Morgan fingerprint density at radius 3 is 2.54 bits per heavy atom. The van der Waals surface area contributed by atoms with Crippen LogP contribution in [0.1, 0.15) is 24.0 Å². The average Bonchev–Trinajstić information content (AvgIpc) is 2.69. The standard InChI is InChI=1S/C22H28N2O3.ClH/c1-17-8-9-18(20(14-17)27-19-6-4-3-5-7-19)15-24-21(25)22(16-26-2)10-12-23-13-11-22;/h3-9,14,23H,10-13,15-16H2,1-2H3,(H,24,25);1H. The third kappa shape index (κ3) is 5.47. The molecule has 0 radical (unpaired) electrons. The molecule has 1 aliphatic rings. The first-order valence-corrected chi connectivity index (χ1v) is 9.43. The molecule has 6 heteroatoms. The van der Waals surface area contributed by atoms with Gasteiger partial charge < -0.3 is 20.1 Å². The molecule has 5 nitrogen and oxygen atoms in total. The molecule has 2 aromatic rings. The van der Waals surface area contributed by atoms with E-state index in [4.69, 9.17) is 9.47 Å². The summed E-state index contributed by atoms with van der Waals surface area (Å²) in [4.78, 5) is 13.0. The maximum atomic E-state index is 13.0. The van der Waals surface area contributed by atoms with E-state index in [1.165, 1.54) is 0 Å². The molecule has 0 bridgehead atoms. The van der Waals surface area contributed by atoms with Crippen LogP contribution in [-0.2, 0) is 16.1 Å². The maximum absolute atomic E-state index is 13.0. The zero-order chi connectivity index (χ0) is 19.1. The number of amides is 1. The Kier molecular flexibility index (Phi) is 8.30. The van der Waals surface area contributed by atoms with Gasteiger partial charge in [-0.25, -0.2) is 0 Å². The first-order valence-electron chi connectivity index (χ1n) is 9.43. The number of piperidine rings is 1. The van der Waals surface area contributed by atoms with Crippen molar-refractivity contribution in [3.05, 3.63) is 59.7 Å². The fraction of sp³-hybridized carbons (Fsp3) is 0.409. The lowest BCUT2D eigenvalue weighted by Crippen LogP contribution is -2.49. The Labute approximate surface area is 173 Å². The van der Waals surface area contributed by atoms with E-state index in [1.807, 2.05) is 55.5 Å². The summed E-state index contributed by atoms with van der Waals surface area (Å²) in [5.41, 5.74) is 1.62. The highest BCUT2D eigenvalue weighted by atomic mass is 35.5. The van der Waals surface area contributed by atoms with E-state index in [0.29, 0.717) is 13.2 Å². The minimum Gasteiger partial charge on any atom is -0.457 e. The second-order valence-corrected chi connectivity index (χ2v) is 7.17. The number of rotatable bonds is 7. The van der Waals surface area contributed by atoms with Crippen LogP contribution in [0, 0.1) is 12.3 Å². The fourth-order valence-electron chi connectivity index (χ4n) is 3.50. The summed E-state index contributed by atoms with van der Waals surface area (Å²) in [5, 5.41) is 6.43. The summed E-state index contributed by atoms with van der Waals surface area (Å²) < 4.78 is 11.4. The van der Waals surface area contributed by atoms with Crippen LogP contribution in [0.15, 0.2) is 48.5 Å². The van der Waals surface area contributed by atoms with Crippen LogP contribution in [0.5, 0.6) is 11.5 Å². The van der Waals surface area contributed by atoms with Gasteiger partial charge in [0.05, 0.1) is 12.0 Å². The molecule has 1 heterocycles. The third-order valence-corrected chi connectivity index (χ3v) is 5.10. The van der Waals surface area contributed by atoms with Gasteiger partial charge in [0, 0.05) is 19.2 Å². The van der Waals surface area contributed by atoms with E-state index in [0.717, 1.165) is 48.6 Å². The number of ether oxygens (including phenoxy) is 2. The molecular formula is C22H29ClN2O3. The number of nitrogens with one attached hydrogen (secondary N) is 2. The van der Waals surface area contributed by atoms with Gasteiger partial charge in [-0.1, -0.05) is 30.3 Å². The fourth-order valence-corrected chi connectivity index (χ4v) is 3.50. The number of halogens is 1. The lowest BCUT2D eigenvalue weighted by Gasteiger charge is -2.35. The summed E-state index contributed by atoms with van der Waals surface area (Å²) in [6.45, 7) is 4.58. The van der Waals surface area contributed by atoms with Gasteiger partial charge in [0.15, 0.2) is 0 Å². The molecule has 0 unspecified atom stereocenters. The summed E-state index contributed by atoms with van der Waals surface area (Å²) in [6.07, 6.45) is 1.57. The number of hydrogen-bond acceptors (Lipinski definition) is 4. The van der Waals surface area contributed by atoms with Crippen LogP contribution < -0.4 is 15.4 Å². The highest BCUT2D eigenvalue weighted by Gasteiger charge is 2.39. The van der Waals surface area contributed by atoms with Crippen LogP contribution in [0.4, 0.5) is 0 Å². The Morgan fingerprint density at radius 1 is 1.14 bits per heavy atom. The number of carbonyl (C=O) groups excluding carboxylic acids is 1. The molecule has 1 saturated heterocycles. The summed E-state index contributed by atoms with van der Waals surface area (Å²) in [5.74, 6) is 1.61. The van der Waals surface area contributed by atoms with Gasteiger partial charge in [-0.2, -0.15) is 0 Å². The molecule has 0 saturated carbocycles. The van der Waals surface area contributed by atoms with Crippen LogP contribution in [0.3, 0.4) is 0 Å². The number of benzene rings is 2. The molecule has 1 aliphatic heterocycles. The molecule has 0 aliphatic carbocycles. The average molecular weight is 405 g/mol. The van der Waals surface area contributed by atoms with Crippen molar-refractivity contribution < 1.29 is 14.3 Å². The number of aryl methyl sites for hydroxylation is 1. The first-order chi connectivity index (χ1) is 13.1. The second kappa shape index (κ2) is 10.5. The van der Waals surface area contributed by atoms with Crippen LogP contribution in [0.2, 0.25) is 0 Å². The van der Waals surface area contributed by atoms with E-state index in [1.54, 1.807) is 7.11 Å². The molecule has 2 aromatic carbocycles. The Bertz CT molecular complexity index is 756. The van der Waals surface area contributed by atoms with Gasteiger partial charge in [0.25, 0.3) is 0 Å². The normalized spacial score (nSPS) is 15.4. The minimum absolute atomic E-state index is 0. The van der Waals surface area contributed by atoms with Crippen LogP contribution in [0.25, 0.3) is 0 Å². The topological polar surface area (TPSA) is 59.6 Å². The third-order valence-electron chi connectivity index (χ3n) is 5.10. The summed E-state index contributed by atoms with van der Waals surface area (Å²) in [6, 6.07) is 15.7. The molecular weight excluding hydrogens is 376 g/mol. The monoisotopic (exact) mass is 404 g/mol. The molecule has 0 aromatic heterocycles. The molecule has 3 rings (SSSR count). The van der Waals surface area contributed by atoms with Crippen molar-refractivity contribution in [1.82, 2.24) is 10.6 Å². The van der Waals surface area contributed by atoms with Crippen molar-refractivity contribution in [1.29, 1.82) is 0 Å². The summed E-state index contributed by atoms with van der Waals surface area (Å²) in [7, 11) is 1.66. The first kappa shape index (κ1) is 22.2. The molecule has 2 N–H and O–H groups in total. The number of methoxy groups -OCH3 is 1. The SMILES string of the molecule is COCC1(C(=O)NCc2ccc(C)cc2Oc2ccccc2)CCNCC1.Cl. The zero-order valence-electron chi connectivity index (χ0n) is 16.5. The van der Waals surface area contributed by atoms with Crippen LogP contribution >= 0.6 is 12.4 Å². The van der Waals surface area contributed by atoms with E-state index in [9.17, 15) is 4.79 Å². The van der Waals surface area contributed by atoms with Crippen molar-refractivity contribution in [2.45, 2.75) is 26.3 Å². The highest BCUT2D eigenvalue weighted by Crippen LogP contribution is 2.30. The van der Waals surface area contributed by atoms with Gasteiger partial charge in [-0.15, -0.1) is 12.4 Å². The van der Waals surface area contributed by atoms with Crippen molar-refractivity contribution in [2.75, 3.05) is 26.8 Å². The molecule has 28 heavy (non-hydrogen) atoms. The Balaban J connectivity index is 0.00000280. The predicted molar refractivity (Wildman–Crippen MR) is 113 cm³/mol. The number of hydrogen-bond donors (Lipinski definition) is 2. The maximum Gasteiger partial charge on any atom is 0.228 e. The van der Waals surface area contributed by atoms with E-state index < -0.39 is 5.41 Å². The van der Waals surface area contributed by atoms with E-state index >= 15 is 0 Å². The van der Waals surface area contributed by atoms with Crippen molar-refractivity contribution in [3.8, 4) is 11.5 Å².